The highest BCUT2D eigenvalue weighted by molar-refractivity contribution is 7.89. The third kappa shape index (κ3) is 5.94. The first kappa shape index (κ1) is 22.7. The van der Waals surface area contributed by atoms with Crippen molar-refractivity contribution >= 4 is 21.6 Å². The molecule has 0 aliphatic heterocycles. The lowest BCUT2D eigenvalue weighted by molar-refractivity contribution is -0.134. The average Bonchev–Trinajstić information content (AvgIpc) is 2.60. The standard InChI is InChI=1S/C19H29F2N3O3S/c1-3-5-13(6-4-2)15-7-9-19(20,21)12-16(15)18(25)24-14-8-10-23-17(11-14)28(22,26)27/h8,10-11,13,15-16H,3-7,9,12H2,1-2H3,(H2,22,26,27)(H,23,24,25)/t15-,16?/m0/s1. The lowest BCUT2D eigenvalue weighted by Crippen LogP contribution is -2.42. The maximum Gasteiger partial charge on any atom is 0.255 e. The molecule has 0 radical (unpaired) electrons. The van der Waals surface area contributed by atoms with E-state index in [1.807, 2.05) is 0 Å². The predicted octanol–water partition coefficient (Wildman–Crippen LogP) is 3.94. The topological polar surface area (TPSA) is 102 Å². The van der Waals surface area contributed by atoms with E-state index in [9.17, 15) is 22.0 Å². The summed E-state index contributed by atoms with van der Waals surface area (Å²) in [6.07, 6.45) is 4.52. The van der Waals surface area contributed by atoms with Crippen LogP contribution in [0.25, 0.3) is 0 Å². The van der Waals surface area contributed by atoms with Crippen LogP contribution >= 0.6 is 0 Å². The van der Waals surface area contributed by atoms with E-state index in [4.69, 9.17) is 5.14 Å². The number of pyridine rings is 1. The number of alkyl halides is 2. The highest BCUT2D eigenvalue weighted by Crippen LogP contribution is 2.45. The van der Waals surface area contributed by atoms with Gasteiger partial charge in [-0.15, -0.1) is 0 Å². The number of hydrogen-bond acceptors (Lipinski definition) is 4. The van der Waals surface area contributed by atoms with Crippen LogP contribution in [0.1, 0.15) is 58.8 Å². The Morgan fingerprint density at radius 2 is 2.00 bits per heavy atom. The molecule has 1 aromatic rings. The van der Waals surface area contributed by atoms with Crippen LogP contribution in [0.5, 0.6) is 0 Å². The molecule has 1 unspecified atom stereocenters. The SMILES string of the molecule is CCCC(CCC)[C@@H]1CCC(F)(F)CC1C(=O)Nc1ccnc(S(N)(=O)=O)c1. The Bertz CT molecular complexity index is 780. The van der Waals surface area contributed by atoms with E-state index in [0.29, 0.717) is 6.42 Å². The zero-order chi connectivity index (χ0) is 20.9. The molecule has 9 heteroatoms. The summed E-state index contributed by atoms with van der Waals surface area (Å²) in [6, 6.07) is 2.55. The number of nitrogens with zero attached hydrogens (tertiary/aromatic N) is 1. The quantitative estimate of drug-likeness (QED) is 0.669. The fourth-order valence-electron chi connectivity index (χ4n) is 4.20. The molecule has 0 saturated heterocycles. The smallest absolute Gasteiger partial charge is 0.255 e. The summed E-state index contributed by atoms with van der Waals surface area (Å²) in [4.78, 5) is 16.6. The van der Waals surface area contributed by atoms with Gasteiger partial charge in [0.2, 0.25) is 11.8 Å². The fraction of sp³-hybridized carbons (Fsp3) is 0.684. The zero-order valence-electron chi connectivity index (χ0n) is 16.3. The van der Waals surface area contributed by atoms with Gasteiger partial charge in [0.1, 0.15) is 0 Å². The summed E-state index contributed by atoms with van der Waals surface area (Å²) in [5.41, 5.74) is 0.180. The minimum atomic E-state index is -4.03. The van der Waals surface area contributed by atoms with E-state index in [-0.39, 0.29) is 29.0 Å². The van der Waals surface area contributed by atoms with Gasteiger partial charge in [0.15, 0.2) is 5.03 Å². The van der Waals surface area contributed by atoms with Crippen LogP contribution in [-0.4, -0.2) is 25.2 Å². The third-order valence-electron chi connectivity index (χ3n) is 5.43. The molecular formula is C19H29F2N3O3S. The third-order valence-corrected chi connectivity index (χ3v) is 6.24. The van der Waals surface area contributed by atoms with Gasteiger partial charge in [-0.2, -0.15) is 0 Å². The van der Waals surface area contributed by atoms with Crippen LogP contribution in [0.4, 0.5) is 14.5 Å². The zero-order valence-corrected chi connectivity index (χ0v) is 17.1. The molecule has 1 saturated carbocycles. The molecule has 1 amide bonds. The van der Waals surface area contributed by atoms with Crippen LogP contribution in [0.3, 0.4) is 0 Å². The summed E-state index contributed by atoms with van der Waals surface area (Å²) >= 11 is 0. The first-order valence-electron chi connectivity index (χ1n) is 9.75. The number of carbonyl (C=O) groups is 1. The van der Waals surface area contributed by atoms with Gasteiger partial charge >= 0.3 is 0 Å². The Hall–Kier alpha value is -1.61. The highest BCUT2D eigenvalue weighted by Gasteiger charge is 2.46. The molecule has 1 aliphatic carbocycles. The summed E-state index contributed by atoms with van der Waals surface area (Å²) < 4.78 is 51.1. The van der Waals surface area contributed by atoms with Crippen molar-refractivity contribution in [3.05, 3.63) is 18.3 Å². The van der Waals surface area contributed by atoms with E-state index in [0.717, 1.165) is 31.7 Å². The molecule has 2 rings (SSSR count). The Balaban J connectivity index is 2.25. The lowest BCUT2D eigenvalue weighted by Gasteiger charge is -2.39. The molecule has 2 atom stereocenters. The summed E-state index contributed by atoms with van der Waals surface area (Å²) in [7, 11) is -4.03. The number of carbonyl (C=O) groups excluding carboxylic acids is 1. The Labute approximate surface area is 165 Å². The van der Waals surface area contributed by atoms with E-state index < -0.39 is 34.2 Å². The van der Waals surface area contributed by atoms with Crippen molar-refractivity contribution in [1.82, 2.24) is 4.98 Å². The van der Waals surface area contributed by atoms with Crippen molar-refractivity contribution in [1.29, 1.82) is 0 Å². The van der Waals surface area contributed by atoms with Gasteiger partial charge in [0, 0.05) is 36.7 Å². The minimum Gasteiger partial charge on any atom is -0.326 e. The van der Waals surface area contributed by atoms with Crippen molar-refractivity contribution in [2.75, 3.05) is 5.32 Å². The number of sulfonamides is 1. The molecule has 0 spiro atoms. The first-order valence-corrected chi connectivity index (χ1v) is 11.3. The number of primary sulfonamides is 1. The van der Waals surface area contributed by atoms with Gasteiger partial charge in [-0.3, -0.25) is 4.79 Å². The van der Waals surface area contributed by atoms with Crippen LogP contribution < -0.4 is 10.5 Å². The number of amides is 1. The maximum atomic E-state index is 14.1. The number of anilines is 1. The Morgan fingerprint density at radius 1 is 1.36 bits per heavy atom. The second kappa shape index (κ2) is 9.26. The lowest BCUT2D eigenvalue weighted by atomic mass is 9.68. The first-order chi connectivity index (χ1) is 13.1. The van der Waals surface area contributed by atoms with Gasteiger partial charge in [0.05, 0.1) is 0 Å². The molecule has 158 valence electrons. The molecule has 28 heavy (non-hydrogen) atoms. The minimum absolute atomic E-state index is 0.112. The number of aromatic nitrogens is 1. The normalized spacial score (nSPS) is 22.2. The molecular weight excluding hydrogens is 388 g/mol. The monoisotopic (exact) mass is 417 g/mol. The largest absolute Gasteiger partial charge is 0.326 e. The molecule has 0 bridgehead atoms. The molecule has 3 N–H and O–H groups in total. The molecule has 0 aromatic carbocycles. The Kier molecular flexibility index (Phi) is 7.50. The van der Waals surface area contributed by atoms with Crippen molar-refractivity contribution in [2.45, 2.75) is 69.7 Å². The van der Waals surface area contributed by atoms with Gasteiger partial charge in [-0.05, 0) is 24.3 Å². The number of rotatable bonds is 8. The highest BCUT2D eigenvalue weighted by atomic mass is 32.2. The molecule has 6 nitrogen and oxygen atoms in total. The molecule has 1 fully saturated rings. The second-order valence-corrected chi connectivity index (χ2v) is 9.13. The van der Waals surface area contributed by atoms with E-state index in [2.05, 4.69) is 24.1 Å². The molecule has 1 aromatic heterocycles. The molecule has 1 aliphatic rings. The van der Waals surface area contributed by atoms with Crippen LogP contribution in [-0.2, 0) is 14.8 Å². The predicted molar refractivity (Wildman–Crippen MR) is 103 cm³/mol. The van der Waals surface area contributed by atoms with Gasteiger partial charge in [-0.1, -0.05) is 39.5 Å². The maximum absolute atomic E-state index is 14.1. The molecule has 1 heterocycles. The number of halogens is 2. The average molecular weight is 418 g/mol. The Morgan fingerprint density at radius 3 is 2.57 bits per heavy atom. The van der Waals surface area contributed by atoms with Gasteiger partial charge in [-0.25, -0.2) is 27.3 Å². The summed E-state index contributed by atoms with van der Waals surface area (Å²) in [5, 5.41) is 7.28. The van der Waals surface area contributed by atoms with Crippen molar-refractivity contribution in [3.63, 3.8) is 0 Å². The second-order valence-electron chi connectivity index (χ2n) is 7.62. The van der Waals surface area contributed by atoms with Crippen molar-refractivity contribution < 1.29 is 22.0 Å². The van der Waals surface area contributed by atoms with E-state index >= 15 is 0 Å². The van der Waals surface area contributed by atoms with Crippen LogP contribution in [0.2, 0.25) is 0 Å². The number of nitrogens with one attached hydrogen (secondary N) is 1. The van der Waals surface area contributed by atoms with E-state index in [1.165, 1.54) is 12.3 Å². The van der Waals surface area contributed by atoms with Gasteiger partial charge < -0.3 is 5.32 Å². The van der Waals surface area contributed by atoms with Crippen molar-refractivity contribution in [3.8, 4) is 0 Å². The fourth-order valence-corrected chi connectivity index (χ4v) is 4.70. The number of nitrogens with two attached hydrogens (primary N) is 1. The van der Waals surface area contributed by atoms with Gasteiger partial charge in [0.25, 0.3) is 10.0 Å². The van der Waals surface area contributed by atoms with Crippen molar-refractivity contribution in [2.24, 2.45) is 22.9 Å². The number of hydrogen-bond donors (Lipinski definition) is 2. The summed E-state index contributed by atoms with van der Waals surface area (Å²) in [5.74, 6) is -4.09. The van der Waals surface area contributed by atoms with E-state index in [1.54, 1.807) is 0 Å². The van der Waals surface area contributed by atoms with Crippen LogP contribution in [0, 0.1) is 17.8 Å². The summed E-state index contributed by atoms with van der Waals surface area (Å²) in [6.45, 7) is 4.11. The van der Waals surface area contributed by atoms with Crippen LogP contribution in [0.15, 0.2) is 23.4 Å².